The van der Waals surface area contributed by atoms with Crippen molar-refractivity contribution in [2.24, 2.45) is 17.8 Å². The summed E-state index contributed by atoms with van der Waals surface area (Å²) in [5.41, 5.74) is 0.952. The molecule has 0 bridgehead atoms. The molecule has 0 spiro atoms. The summed E-state index contributed by atoms with van der Waals surface area (Å²) in [6.45, 7) is 0. The van der Waals surface area contributed by atoms with Crippen molar-refractivity contribution < 1.29 is 9.90 Å². The fourth-order valence-corrected chi connectivity index (χ4v) is 4.54. The first kappa shape index (κ1) is 10.6. The molecule has 0 aromatic heterocycles. The van der Waals surface area contributed by atoms with Gasteiger partial charge in [0, 0.05) is 18.3 Å². The van der Waals surface area contributed by atoms with Crippen LogP contribution in [0.3, 0.4) is 0 Å². The lowest BCUT2D eigenvalue weighted by Crippen LogP contribution is -2.66. The molecule has 1 heterocycles. The Hall–Kier alpha value is -1.35. The summed E-state index contributed by atoms with van der Waals surface area (Å²) in [7, 11) is 1.82. The minimum atomic E-state index is -0.888. The average molecular weight is 243 g/mol. The highest BCUT2D eigenvalue weighted by molar-refractivity contribution is 6.00. The second kappa shape index (κ2) is 3.15. The molecule has 0 saturated heterocycles. The third-order valence-electron chi connectivity index (χ3n) is 5.33. The zero-order valence-corrected chi connectivity index (χ0v) is 10.5. The predicted octanol–water partition coefficient (Wildman–Crippen LogP) is 1.90. The van der Waals surface area contributed by atoms with Crippen LogP contribution in [0.2, 0.25) is 0 Å². The quantitative estimate of drug-likeness (QED) is 0.756. The number of fused-ring (bicyclic) bond motifs is 6. The van der Waals surface area contributed by atoms with Crippen molar-refractivity contribution in [3.05, 3.63) is 29.8 Å². The first-order chi connectivity index (χ1) is 8.65. The van der Waals surface area contributed by atoms with Crippen molar-refractivity contribution in [2.75, 3.05) is 11.9 Å². The topological polar surface area (TPSA) is 40.5 Å². The molecule has 0 unspecified atom stereocenters. The van der Waals surface area contributed by atoms with Gasteiger partial charge in [-0.05, 0) is 30.7 Å². The Morgan fingerprint density at radius 3 is 2.94 bits per heavy atom. The Bertz CT molecular complexity index is 541. The van der Waals surface area contributed by atoms with E-state index in [1.807, 2.05) is 31.3 Å². The van der Waals surface area contributed by atoms with Gasteiger partial charge in [-0.15, -0.1) is 0 Å². The Labute approximate surface area is 106 Å². The minimum Gasteiger partial charge on any atom is -0.384 e. The third kappa shape index (κ3) is 0.948. The Kier molecular flexibility index (Phi) is 1.85. The van der Waals surface area contributed by atoms with Crippen molar-refractivity contribution in [3.8, 4) is 0 Å². The molecule has 0 radical (unpaired) electrons. The van der Waals surface area contributed by atoms with Crippen LogP contribution in [0, 0.1) is 17.8 Å². The van der Waals surface area contributed by atoms with Gasteiger partial charge in [-0.25, -0.2) is 0 Å². The minimum absolute atomic E-state index is 0.0966. The van der Waals surface area contributed by atoms with Crippen LogP contribution in [0.25, 0.3) is 0 Å². The van der Waals surface area contributed by atoms with Crippen LogP contribution >= 0.6 is 0 Å². The van der Waals surface area contributed by atoms with Crippen LogP contribution in [-0.2, 0) is 10.4 Å². The molecule has 3 nitrogen and oxygen atoms in total. The molecule has 1 aromatic rings. The molecular formula is C15H17NO2. The molecular weight excluding hydrogens is 226 g/mol. The van der Waals surface area contributed by atoms with E-state index in [9.17, 15) is 9.90 Å². The van der Waals surface area contributed by atoms with Gasteiger partial charge in [0.05, 0.1) is 5.92 Å². The van der Waals surface area contributed by atoms with Gasteiger partial charge >= 0.3 is 0 Å². The molecule has 2 aliphatic carbocycles. The normalized spacial score (nSPS) is 40.9. The largest absolute Gasteiger partial charge is 0.384 e. The third-order valence-corrected chi connectivity index (χ3v) is 5.33. The summed E-state index contributed by atoms with van der Waals surface area (Å²) in [5, 5.41) is 11.1. The van der Waals surface area contributed by atoms with Crippen LogP contribution in [0.4, 0.5) is 5.69 Å². The van der Waals surface area contributed by atoms with Gasteiger partial charge in [0.1, 0.15) is 5.60 Å². The molecule has 2 fully saturated rings. The van der Waals surface area contributed by atoms with Crippen LogP contribution in [0.5, 0.6) is 0 Å². The fraction of sp³-hybridized carbons (Fsp3) is 0.533. The van der Waals surface area contributed by atoms with Gasteiger partial charge in [0.15, 0.2) is 0 Å². The van der Waals surface area contributed by atoms with Crippen LogP contribution in [-0.4, -0.2) is 18.1 Å². The van der Waals surface area contributed by atoms with Crippen LogP contribution < -0.4 is 4.90 Å². The number of nitrogens with zero attached hydrogens (tertiary/aromatic N) is 1. The van der Waals surface area contributed by atoms with E-state index in [-0.39, 0.29) is 11.8 Å². The Morgan fingerprint density at radius 2 is 2.11 bits per heavy atom. The van der Waals surface area contributed by atoms with E-state index in [1.54, 1.807) is 4.90 Å². The SMILES string of the molecule is CN1C(=O)[C@H]2[C@H]3CCC[C@H]3[C@@]2(O)c2ccccc21. The number of amides is 1. The second-order valence-electron chi connectivity index (χ2n) is 5.92. The van der Waals surface area contributed by atoms with Crippen molar-refractivity contribution in [1.82, 2.24) is 0 Å². The zero-order valence-electron chi connectivity index (χ0n) is 10.5. The maximum Gasteiger partial charge on any atom is 0.233 e. The number of aliphatic hydroxyl groups is 1. The smallest absolute Gasteiger partial charge is 0.233 e. The summed E-state index contributed by atoms with van der Waals surface area (Å²) in [6.07, 6.45) is 3.30. The summed E-state index contributed by atoms with van der Waals surface area (Å²) < 4.78 is 0. The number of anilines is 1. The number of hydrogen-bond donors (Lipinski definition) is 1. The van der Waals surface area contributed by atoms with E-state index in [0.29, 0.717) is 11.8 Å². The van der Waals surface area contributed by atoms with Crippen molar-refractivity contribution in [1.29, 1.82) is 0 Å². The molecule has 3 heteroatoms. The van der Waals surface area contributed by atoms with Gasteiger partial charge in [0.2, 0.25) is 5.91 Å². The lowest BCUT2D eigenvalue weighted by Gasteiger charge is -2.59. The van der Waals surface area contributed by atoms with Crippen LogP contribution in [0.1, 0.15) is 24.8 Å². The van der Waals surface area contributed by atoms with Gasteiger partial charge in [0.25, 0.3) is 0 Å². The highest BCUT2D eigenvalue weighted by Gasteiger charge is 2.68. The molecule has 1 N–H and O–H groups in total. The highest BCUT2D eigenvalue weighted by Crippen LogP contribution is 2.65. The monoisotopic (exact) mass is 243 g/mol. The predicted molar refractivity (Wildman–Crippen MR) is 68.1 cm³/mol. The van der Waals surface area contributed by atoms with Gasteiger partial charge in [-0.2, -0.15) is 0 Å². The summed E-state index contributed by atoms with van der Waals surface area (Å²) >= 11 is 0. The number of carbonyl (C=O) groups is 1. The highest BCUT2D eigenvalue weighted by atomic mass is 16.3. The lowest BCUT2D eigenvalue weighted by molar-refractivity contribution is -0.199. The van der Waals surface area contributed by atoms with Crippen molar-refractivity contribution in [3.63, 3.8) is 0 Å². The molecule has 1 aliphatic heterocycles. The van der Waals surface area contributed by atoms with E-state index in [4.69, 9.17) is 0 Å². The number of para-hydroxylation sites is 1. The molecule has 3 aliphatic rings. The van der Waals surface area contributed by atoms with Gasteiger partial charge in [-0.3, -0.25) is 4.79 Å². The molecule has 4 atom stereocenters. The first-order valence-corrected chi connectivity index (χ1v) is 6.75. The van der Waals surface area contributed by atoms with Gasteiger partial charge in [-0.1, -0.05) is 24.6 Å². The van der Waals surface area contributed by atoms with Gasteiger partial charge < -0.3 is 10.0 Å². The van der Waals surface area contributed by atoms with Crippen molar-refractivity contribution >= 4 is 11.6 Å². The molecule has 1 aromatic carbocycles. The van der Waals surface area contributed by atoms with E-state index in [2.05, 4.69) is 0 Å². The zero-order chi connectivity index (χ0) is 12.5. The van der Waals surface area contributed by atoms with Crippen molar-refractivity contribution in [2.45, 2.75) is 24.9 Å². The Morgan fingerprint density at radius 1 is 1.33 bits per heavy atom. The molecule has 1 amide bonds. The lowest BCUT2D eigenvalue weighted by atomic mass is 9.50. The summed E-state index contributed by atoms with van der Waals surface area (Å²) in [4.78, 5) is 14.2. The molecule has 4 rings (SSSR count). The van der Waals surface area contributed by atoms with E-state index in [1.165, 1.54) is 0 Å². The first-order valence-electron chi connectivity index (χ1n) is 6.75. The van der Waals surface area contributed by atoms with E-state index >= 15 is 0 Å². The molecule has 94 valence electrons. The van der Waals surface area contributed by atoms with Crippen LogP contribution in [0.15, 0.2) is 24.3 Å². The van der Waals surface area contributed by atoms with E-state index < -0.39 is 5.60 Å². The maximum absolute atomic E-state index is 12.5. The molecule has 18 heavy (non-hydrogen) atoms. The average Bonchev–Trinajstić information content (AvgIpc) is 2.81. The number of rotatable bonds is 0. The summed E-state index contributed by atoms with van der Waals surface area (Å²) in [6, 6.07) is 7.81. The fourth-order valence-electron chi connectivity index (χ4n) is 4.54. The number of hydrogen-bond acceptors (Lipinski definition) is 2. The second-order valence-corrected chi connectivity index (χ2v) is 5.92. The Balaban J connectivity index is 1.94. The standard InChI is InChI=1S/C15H17NO2/c1-16-12-8-3-2-6-11(12)15(18)10-7-4-5-9(10)13(15)14(16)17/h2-3,6,8-10,13,18H,4-5,7H2,1H3/t9-,10+,13+,15+/m0/s1. The van der Waals surface area contributed by atoms with E-state index in [0.717, 1.165) is 30.5 Å². The summed E-state index contributed by atoms with van der Waals surface area (Å²) in [5.74, 6) is 0.587. The number of carbonyl (C=O) groups excluding carboxylic acids is 1. The molecule has 2 saturated carbocycles. The number of benzene rings is 1. The maximum atomic E-state index is 12.5.